The first-order valence-corrected chi connectivity index (χ1v) is 6.80. The Hall–Kier alpha value is -0.430. The maximum absolute atomic E-state index is 12.0. The van der Waals surface area contributed by atoms with E-state index in [1.165, 1.54) is 16.2 Å². The highest BCUT2D eigenvalue weighted by Gasteiger charge is 2.27. The molecule has 0 radical (unpaired) electrons. The van der Waals surface area contributed by atoms with Gasteiger partial charge in [-0.2, -0.15) is 0 Å². The van der Waals surface area contributed by atoms with Crippen molar-refractivity contribution in [2.24, 2.45) is 5.41 Å². The zero-order chi connectivity index (χ0) is 13.1. The third-order valence-electron chi connectivity index (χ3n) is 2.54. The van der Waals surface area contributed by atoms with Crippen LogP contribution in [0.1, 0.15) is 17.3 Å². The van der Waals surface area contributed by atoms with Crippen molar-refractivity contribution in [3.8, 4) is 0 Å². The van der Waals surface area contributed by atoms with E-state index in [2.05, 4.69) is 15.9 Å². The monoisotopic (exact) mass is 321 g/mol. The van der Waals surface area contributed by atoms with Crippen molar-refractivity contribution in [2.75, 3.05) is 26.8 Å². The van der Waals surface area contributed by atoms with Gasteiger partial charge < -0.3 is 15.1 Å². The molecule has 1 amide bonds. The van der Waals surface area contributed by atoms with Crippen LogP contribution in [-0.2, 0) is 0 Å². The van der Waals surface area contributed by atoms with Crippen LogP contribution in [0, 0.1) is 5.41 Å². The Morgan fingerprint density at radius 3 is 2.53 bits per heavy atom. The van der Waals surface area contributed by atoms with E-state index in [9.17, 15) is 15.0 Å². The minimum Gasteiger partial charge on any atom is -0.396 e. The normalized spacial score (nSPS) is 11.6. The molecular formula is C11H16BrNO3S. The number of aliphatic hydroxyl groups excluding tert-OH is 2. The smallest absolute Gasteiger partial charge is 0.254 e. The van der Waals surface area contributed by atoms with Gasteiger partial charge in [-0.05, 0) is 22.0 Å². The molecule has 96 valence electrons. The molecule has 0 bridgehead atoms. The first kappa shape index (κ1) is 14.6. The number of rotatable bonds is 5. The molecule has 0 atom stereocenters. The molecule has 0 aliphatic carbocycles. The second-order valence-electron chi connectivity index (χ2n) is 4.43. The standard InChI is InChI=1S/C11H16BrNO3S/c1-11(6-14,7-15)5-13(2)10(16)8-3-9(12)17-4-8/h3-4,14-15H,5-7H2,1-2H3. The van der Waals surface area contributed by atoms with E-state index in [4.69, 9.17) is 0 Å². The Bertz CT molecular complexity index is 390. The van der Waals surface area contributed by atoms with Crippen molar-refractivity contribution >= 4 is 33.2 Å². The van der Waals surface area contributed by atoms with Crippen LogP contribution < -0.4 is 0 Å². The molecule has 0 saturated carbocycles. The summed E-state index contributed by atoms with van der Waals surface area (Å²) < 4.78 is 0.904. The minimum atomic E-state index is -0.669. The molecule has 4 nitrogen and oxygen atoms in total. The van der Waals surface area contributed by atoms with Crippen LogP contribution in [0.3, 0.4) is 0 Å². The summed E-state index contributed by atoms with van der Waals surface area (Å²) in [6.45, 7) is 1.73. The van der Waals surface area contributed by atoms with E-state index in [-0.39, 0.29) is 19.1 Å². The highest BCUT2D eigenvalue weighted by Crippen LogP contribution is 2.23. The fourth-order valence-electron chi connectivity index (χ4n) is 1.44. The SMILES string of the molecule is CN(CC(C)(CO)CO)C(=O)c1csc(Br)c1. The second kappa shape index (κ2) is 5.95. The van der Waals surface area contributed by atoms with E-state index < -0.39 is 5.41 Å². The Morgan fingerprint density at radius 1 is 1.53 bits per heavy atom. The summed E-state index contributed by atoms with van der Waals surface area (Å²) in [6.07, 6.45) is 0. The zero-order valence-electron chi connectivity index (χ0n) is 9.81. The number of hydrogen-bond acceptors (Lipinski definition) is 4. The molecule has 1 aromatic heterocycles. The van der Waals surface area contributed by atoms with Gasteiger partial charge in [-0.1, -0.05) is 6.92 Å². The summed E-state index contributed by atoms with van der Waals surface area (Å²) >= 11 is 4.76. The third-order valence-corrected chi connectivity index (χ3v) is 4.05. The minimum absolute atomic E-state index is 0.111. The van der Waals surface area contributed by atoms with E-state index in [0.717, 1.165) is 3.79 Å². The fourth-order valence-corrected chi connectivity index (χ4v) is 2.57. The Balaban J connectivity index is 2.71. The maximum atomic E-state index is 12.0. The molecule has 0 saturated heterocycles. The van der Waals surface area contributed by atoms with E-state index >= 15 is 0 Å². The number of thiophene rings is 1. The Morgan fingerprint density at radius 2 is 2.12 bits per heavy atom. The van der Waals surface area contributed by atoms with Crippen molar-refractivity contribution in [2.45, 2.75) is 6.92 Å². The van der Waals surface area contributed by atoms with Crippen LogP contribution in [0.2, 0.25) is 0 Å². The zero-order valence-corrected chi connectivity index (χ0v) is 12.2. The van der Waals surface area contributed by atoms with Crippen LogP contribution in [0.5, 0.6) is 0 Å². The number of halogens is 1. The summed E-state index contributed by atoms with van der Waals surface area (Å²) in [5.74, 6) is -0.111. The quantitative estimate of drug-likeness (QED) is 0.865. The van der Waals surface area contributed by atoms with Gasteiger partial charge in [0.05, 0.1) is 22.6 Å². The van der Waals surface area contributed by atoms with Gasteiger partial charge in [-0.25, -0.2) is 0 Å². The molecule has 2 N–H and O–H groups in total. The number of carbonyl (C=O) groups is 1. The van der Waals surface area contributed by atoms with Crippen molar-refractivity contribution in [3.63, 3.8) is 0 Å². The number of nitrogens with zero attached hydrogens (tertiary/aromatic N) is 1. The number of hydrogen-bond donors (Lipinski definition) is 2. The first-order valence-electron chi connectivity index (χ1n) is 5.13. The van der Waals surface area contributed by atoms with Crippen molar-refractivity contribution in [1.29, 1.82) is 0 Å². The summed E-state index contributed by atoms with van der Waals surface area (Å²) in [5, 5.41) is 20.2. The second-order valence-corrected chi connectivity index (χ2v) is 6.72. The van der Waals surface area contributed by atoms with Crippen LogP contribution in [-0.4, -0.2) is 47.8 Å². The molecule has 0 unspecified atom stereocenters. The van der Waals surface area contributed by atoms with E-state index in [1.807, 2.05) is 0 Å². The first-order chi connectivity index (χ1) is 7.91. The summed E-state index contributed by atoms with van der Waals surface area (Å²) in [5.41, 5.74) is -0.0555. The molecule has 0 fully saturated rings. The molecule has 1 rings (SSSR count). The van der Waals surface area contributed by atoms with Gasteiger partial charge in [0.1, 0.15) is 0 Å². The molecule has 6 heteroatoms. The van der Waals surface area contributed by atoms with Crippen LogP contribution in [0.25, 0.3) is 0 Å². The van der Waals surface area contributed by atoms with Gasteiger partial charge in [0, 0.05) is 24.4 Å². The van der Waals surface area contributed by atoms with Gasteiger partial charge >= 0.3 is 0 Å². The fraction of sp³-hybridized carbons (Fsp3) is 0.545. The lowest BCUT2D eigenvalue weighted by atomic mass is 9.92. The molecule has 0 aliphatic heterocycles. The summed E-state index contributed by atoms with van der Waals surface area (Å²) in [6, 6.07) is 1.76. The predicted octanol–water partition coefficient (Wildman–Crippen LogP) is 1.57. The molecule has 1 heterocycles. The van der Waals surface area contributed by atoms with Gasteiger partial charge in [0.15, 0.2) is 0 Å². The van der Waals surface area contributed by atoms with E-state index in [1.54, 1.807) is 25.4 Å². The molecular weight excluding hydrogens is 306 g/mol. The van der Waals surface area contributed by atoms with Gasteiger partial charge in [-0.3, -0.25) is 4.79 Å². The largest absolute Gasteiger partial charge is 0.396 e. The predicted molar refractivity (Wildman–Crippen MR) is 71.3 cm³/mol. The average molecular weight is 322 g/mol. The lowest BCUT2D eigenvalue weighted by Crippen LogP contribution is -2.41. The van der Waals surface area contributed by atoms with Crippen molar-refractivity contribution in [1.82, 2.24) is 4.90 Å². The molecule has 17 heavy (non-hydrogen) atoms. The van der Waals surface area contributed by atoms with Crippen LogP contribution in [0.4, 0.5) is 0 Å². The van der Waals surface area contributed by atoms with Crippen molar-refractivity contribution in [3.05, 3.63) is 20.8 Å². The number of aliphatic hydroxyl groups is 2. The van der Waals surface area contributed by atoms with Crippen molar-refractivity contribution < 1.29 is 15.0 Å². The third kappa shape index (κ3) is 3.77. The Kier molecular flexibility index (Phi) is 5.12. The Labute approximate surface area is 113 Å². The van der Waals surface area contributed by atoms with Crippen LogP contribution in [0.15, 0.2) is 15.2 Å². The van der Waals surface area contributed by atoms with Gasteiger partial charge in [0.25, 0.3) is 5.91 Å². The molecule has 0 aliphatic rings. The highest BCUT2D eigenvalue weighted by atomic mass is 79.9. The summed E-state index contributed by atoms with van der Waals surface area (Å²) in [7, 11) is 1.66. The van der Waals surface area contributed by atoms with E-state index in [0.29, 0.717) is 12.1 Å². The molecule has 0 aromatic carbocycles. The van der Waals surface area contributed by atoms with Crippen LogP contribution >= 0.6 is 27.3 Å². The summed E-state index contributed by atoms with van der Waals surface area (Å²) in [4.78, 5) is 13.5. The van der Waals surface area contributed by atoms with Gasteiger partial charge in [0.2, 0.25) is 0 Å². The molecule has 0 spiro atoms. The number of amides is 1. The lowest BCUT2D eigenvalue weighted by Gasteiger charge is -2.30. The van der Waals surface area contributed by atoms with Gasteiger partial charge in [-0.15, -0.1) is 11.3 Å². The maximum Gasteiger partial charge on any atom is 0.254 e. The molecule has 1 aromatic rings. The lowest BCUT2D eigenvalue weighted by molar-refractivity contribution is 0.0366. The average Bonchev–Trinajstić information content (AvgIpc) is 2.74. The topological polar surface area (TPSA) is 60.8 Å². The number of carbonyl (C=O) groups excluding carboxylic acids is 1. The highest BCUT2D eigenvalue weighted by molar-refractivity contribution is 9.11.